The standard InChI is InChI=1S/C21H31N3O3/c1-3-18-19(10-6-15(2)22-18)27-14-21(26)24-12-4-5-16(13-24)7-11-20(25)23-17-8-9-17/h6,10,16-17H,3-5,7-9,11-14H2,1-2H3,(H,23,25). The smallest absolute Gasteiger partial charge is 0.260 e. The van der Waals surface area contributed by atoms with Crippen molar-refractivity contribution in [2.75, 3.05) is 19.7 Å². The quantitative estimate of drug-likeness (QED) is 0.760. The molecule has 2 fully saturated rings. The van der Waals surface area contributed by atoms with Gasteiger partial charge in [0, 0.05) is 31.2 Å². The molecule has 1 N–H and O–H groups in total. The Morgan fingerprint density at radius 2 is 2.11 bits per heavy atom. The van der Waals surface area contributed by atoms with Crippen LogP contribution in [-0.2, 0) is 16.0 Å². The van der Waals surface area contributed by atoms with Gasteiger partial charge < -0.3 is 15.0 Å². The minimum absolute atomic E-state index is 0.0183. The maximum atomic E-state index is 12.6. The molecule has 148 valence electrons. The lowest BCUT2D eigenvalue weighted by Crippen LogP contribution is -2.42. The van der Waals surface area contributed by atoms with Gasteiger partial charge in [-0.3, -0.25) is 14.6 Å². The molecule has 6 heteroatoms. The monoisotopic (exact) mass is 373 g/mol. The Morgan fingerprint density at radius 1 is 1.30 bits per heavy atom. The number of carbonyl (C=O) groups is 2. The largest absolute Gasteiger partial charge is 0.482 e. The van der Waals surface area contributed by atoms with Crippen LogP contribution in [-0.4, -0.2) is 47.4 Å². The van der Waals surface area contributed by atoms with E-state index >= 15 is 0 Å². The van der Waals surface area contributed by atoms with Crippen LogP contribution in [0.25, 0.3) is 0 Å². The summed E-state index contributed by atoms with van der Waals surface area (Å²) in [6, 6.07) is 4.22. The average Bonchev–Trinajstić information content (AvgIpc) is 3.49. The third-order valence-electron chi connectivity index (χ3n) is 5.35. The first kappa shape index (κ1) is 19.6. The molecule has 2 aliphatic rings. The van der Waals surface area contributed by atoms with Gasteiger partial charge in [-0.25, -0.2) is 0 Å². The number of carbonyl (C=O) groups excluding carboxylic acids is 2. The Morgan fingerprint density at radius 3 is 2.85 bits per heavy atom. The number of pyridine rings is 1. The van der Waals surface area contributed by atoms with Crippen LogP contribution in [0.2, 0.25) is 0 Å². The fraction of sp³-hybridized carbons (Fsp3) is 0.667. The summed E-state index contributed by atoms with van der Waals surface area (Å²) in [6.07, 6.45) is 6.51. The molecule has 2 amide bonds. The number of nitrogens with zero attached hydrogens (tertiary/aromatic N) is 2. The van der Waals surface area contributed by atoms with E-state index in [9.17, 15) is 9.59 Å². The van der Waals surface area contributed by atoms with Crippen molar-refractivity contribution in [3.8, 4) is 5.75 Å². The number of hydrogen-bond donors (Lipinski definition) is 1. The Bertz CT molecular complexity index is 673. The summed E-state index contributed by atoms with van der Waals surface area (Å²) >= 11 is 0. The highest BCUT2D eigenvalue weighted by atomic mass is 16.5. The van der Waals surface area contributed by atoms with Gasteiger partial charge in [-0.05, 0) is 63.5 Å². The summed E-state index contributed by atoms with van der Waals surface area (Å²) < 4.78 is 5.76. The van der Waals surface area contributed by atoms with Crippen LogP contribution in [0.3, 0.4) is 0 Å². The molecule has 0 aromatic carbocycles. The Hall–Kier alpha value is -2.11. The van der Waals surface area contributed by atoms with E-state index in [1.165, 1.54) is 0 Å². The summed E-state index contributed by atoms with van der Waals surface area (Å²) in [7, 11) is 0. The third-order valence-corrected chi connectivity index (χ3v) is 5.35. The number of rotatable bonds is 8. The van der Waals surface area contributed by atoms with Gasteiger partial charge in [-0.15, -0.1) is 0 Å². The molecule has 1 atom stereocenters. The molecule has 27 heavy (non-hydrogen) atoms. The molecule has 1 saturated heterocycles. The molecule has 1 aromatic heterocycles. The van der Waals surface area contributed by atoms with Crippen molar-refractivity contribution >= 4 is 11.8 Å². The molecule has 1 saturated carbocycles. The third kappa shape index (κ3) is 5.94. The minimum Gasteiger partial charge on any atom is -0.482 e. The molecular weight excluding hydrogens is 342 g/mol. The Balaban J connectivity index is 1.44. The predicted molar refractivity (Wildman–Crippen MR) is 104 cm³/mol. The second-order valence-electron chi connectivity index (χ2n) is 7.77. The van der Waals surface area contributed by atoms with Gasteiger partial charge in [0.05, 0.1) is 5.69 Å². The zero-order valence-electron chi connectivity index (χ0n) is 16.5. The van der Waals surface area contributed by atoms with Gasteiger partial charge >= 0.3 is 0 Å². The lowest BCUT2D eigenvalue weighted by molar-refractivity contribution is -0.135. The SMILES string of the molecule is CCc1nc(C)ccc1OCC(=O)N1CCCC(CCC(=O)NC2CC2)C1. The molecule has 0 spiro atoms. The van der Waals surface area contributed by atoms with E-state index < -0.39 is 0 Å². The number of amides is 2. The summed E-state index contributed by atoms with van der Waals surface area (Å²) in [5.74, 6) is 1.27. The van der Waals surface area contributed by atoms with E-state index in [4.69, 9.17) is 4.74 Å². The molecule has 0 bridgehead atoms. The first-order chi connectivity index (χ1) is 13.0. The summed E-state index contributed by atoms with van der Waals surface area (Å²) in [5.41, 5.74) is 1.84. The number of nitrogens with one attached hydrogen (secondary N) is 1. The highest BCUT2D eigenvalue weighted by molar-refractivity contribution is 5.78. The van der Waals surface area contributed by atoms with E-state index in [2.05, 4.69) is 10.3 Å². The topological polar surface area (TPSA) is 71.5 Å². The highest BCUT2D eigenvalue weighted by Gasteiger charge is 2.26. The minimum atomic E-state index is 0.0183. The van der Waals surface area contributed by atoms with Crippen molar-refractivity contribution in [2.24, 2.45) is 5.92 Å². The van der Waals surface area contributed by atoms with Crippen molar-refractivity contribution in [2.45, 2.75) is 64.8 Å². The summed E-state index contributed by atoms with van der Waals surface area (Å²) in [6.45, 7) is 5.54. The van der Waals surface area contributed by atoms with E-state index in [0.717, 1.165) is 63.0 Å². The lowest BCUT2D eigenvalue weighted by Gasteiger charge is -2.32. The number of aryl methyl sites for hydroxylation is 2. The zero-order chi connectivity index (χ0) is 19.2. The molecule has 1 aromatic rings. The van der Waals surface area contributed by atoms with Crippen LogP contribution in [0.1, 0.15) is 56.8 Å². The number of piperidine rings is 1. The predicted octanol–water partition coefficient (Wildman–Crippen LogP) is 2.63. The Kier molecular flexibility index (Phi) is 6.69. The Labute approximate surface area is 161 Å². The molecule has 1 aliphatic carbocycles. The fourth-order valence-corrected chi connectivity index (χ4v) is 3.60. The summed E-state index contributed by atoms with van der Waals surface area (Å²) in [4.78, 5) is 30.8. The van der Waals surface area contributed by atoms with Crippen molar-refractivity contribution < 1.29 is 14.3 Å². The number of hydrogen-bond acceptors (Lipinski definition) is 4. The highest BCUT2D eigenvalue weighted by Crippen LogP contribution is 2.23. The van der Waals surface area contributed by atoms with E-state index in [1.807, 2.05) is 30.9 Å². The van der Waals surface area contributed by atoms with Crippen LogP contribution in [0.5, 0.6) is 5.75 Å². The molecule has 1 aliphatic heterocycles. The maximum Gasteiger partial charge on any atom is 0.260 e. The zero-order valence-corrected chi connectivity index (χ0v) is 16.5. The van der Waals surface area contributed by atoms with Crippen molar-refractivity contribution in [1.82, 2.24) is 15.2 Å². The van der Waals surface area contributed by atoms with Crippen molar-refractivity contribution in [3.05, 3.63) is 23.5 Å². The maximum absolute atomic E-state index is 12.6. The second kappa shape index (κ2) is 9.20. The van der Waals surface area contributed by atoms with E-state index in [1.54, 1.807) is 0 Å². The molecule has 0 radical (unpaired) electrons. The van der Waals surface area contributed by atoms with Crippen LogP contribution in [0.15, 0.2) is 12.1 Å². The van der Waals surface area contributed by atoms with Gasteiger partial charge in [-0.1, -0.05) is 6.92 Å². The van der Waals surface area contributed by atoms with Gasteiger partial charge in [0.15, 0.2) is 6.61 Å². The normalized spacial score (nSPS) is 19.6. The van der Waals surface area contributed by atoms with Crippen LogP contribution in [0, 0.1) is 12.8 Å². The molecule has 2 heterocycles. The molecule has 3 rings (SSSR count). The number of likely N-dealkylation sites (tertiary alicyclic amines) is 1. The van der Waals surface area contributed by atoms with Gasteiger partial charge in [0.25, 0.3) is 5.91 Å². The second-order valence-corrected chi connectivity index (χ2v) is 7.77. The van der Waals surface area contributed by atoms with E-state index in [0.29, 0.717) is 24.1 Å². The van der Waals surface area contributed by atoms with Crippen LogP contribution >= 0.6 is 0 Å². The van der Waals surface area contributed by atoms with E-state index in [-0.39, 0.29) is 18.4 Å². The van der Waals surface area contributed by atoms with Gasteiger partial charge in [0.2, 0.25) is 5.91 Å². The lowest BCUT2D eigenvalue weighted by atomic mass is 9.93. The average molecular weight is 373 g/mol. The fourth-order valence-electron chi connectivity index (χ4n) is 3.60. The molecule has 1 unspecified atom stereocenters. The molecular formula is C21H31N3O3. The molecule has 6 nitrogen and oxygen atoms in total. The van der Waals surface area contributed by atoms with Crippen molar-refractivity contribution in [3.63, 3.8) is 0 Å². The van der Waals surface area contributed by atoms with Crippen LogP contribution < -0.4 is 10.1 Å². The van der Waals surface area contributed by atoms with Gasteiger partial charge in [-0.2, -0.15) is 0 Å². The van der Waals surface area contributed by atoms with Crippen molar-refractivity contribution in [1.29, 1.82) is 0 Å². The summed E-state index contributed by atoms with van der Waals surface area (Å²) in [5, 5.41) is 3.04. The number of ether oxygens (including phenoxy) is 1. The first-order valence-corrected chi connectivity index (χ1v) is 10.2. The van der Waals surface area contributed by atoms with Crippen LogP contribution in [0.4, 0.5) is 0 Å². The number of aromatic nitrogens is 1. The van der Waals surface area contributed by atoms with Gasteiger partial charge in [0.1, 0.15) is 5.75 Å². The first-order valence-electron chi connectivity index (χ1n) is 10.2.